The molecule has 2 aliphatic rings. The summed E-state index contributed by atoms with van der Waals surface area (Å²) >= 11 is 0. The lowest BCUT2D eigenvalue weighted by atomic mass is 9.85. The summed E-state index contributed by atoms with van der Waals surface area (Å²) in [5.41, 5.74) is 5.13. The number of aliphatic imine (C=N–C) groups is 1. The van der Waals surface area contributed by atoms with Gasteiger partial charge in [0, 0.05) is 55.8 Å². The van der Waals surface area contributed by atoms with Gasteiger partial charge in [0.25, 0.3) is 5.91 Å². The molecule has 38 heavy (non-hydrogen) atoms. The van der Waals surface area contributed by atoms with E-state index in [1.807, 2.05) is 18.9 Å². The third-order valence-electron chi connectivity index (χ3n) is 7.61. The van der Waals surface area contributed by atoms with Gasteiger partial charge in [-0.25, -0.2) is 0 Å². The van der Waals surface area contributed by atoms with Crippen LogP contribution in [0.25, 0.3) is 5.70 Å². The Morgan fingerprint density at radius 1 is 1.37 bits per heavy atom. The number of phenols is 1. The van der Waals surface area contributed by atoms with Crippen molar-refractivity contribution in [3.8, 4) is 11.5 Å². The molecule has 0 radical (unpaired) electrons. The number of ether oxygens (including phenoxy) is 1. The predicted molar refractivity (Wildman–Crippen MR) is 154 cm³/mol. The lowest BCUT2D eigenvalue weighted by Gasteiger charge is -2.36. The van der Waals surface area contributed by atoms with Crippen molar-refractivity contribution in [2.75, 3.05) is 27.2 Å². The summed E-state index contributed by atoms with van der Waals surface area (Å²) in [6.45, 7) is 7.47. The Morgan fingerprint density at radius 2 is 2.18 bits per heavy atom. The highest BCUT2D eigenvalue weighted by atomic mass is 16.5. The van der Waals surface area contributed by atoms with Gasteiger partial charge in [0.1, 0.15) is 11.5 Å². The van der Waals surface area contributed by atoms with Crippen molar-refractivity contribution < 1.29 is 14.6 Å². The summed E-state index contributed by atoms with van der Waals surface area (Å²) in [5.74, 6) is 1.21. The van der Waals surface area contributed by atoms with Gasteiger partial charge in [0.05, 0.1) is 24.5 Å². The number of aromatic nitrogens is 1. The highest BCUT2D eigenvalue weighted by Gasteiger charge is 2.30. The number of fused-ring (bicyclic) bond motifs is 3. The average molecular weight is 517 g/mol. The van der Waals surface area contributed by atoms with Gasteiger partial charge in [0.15, 0.2) is 0 Å². The molecule has 2 heterocycles. The van der Waals surface area contributed by atoms with Crippen LogP contribution in [-0.2, 0) is 0 Å². The highest BCUT2D eigenvalue weighted by molar-refractivity contribution is 5.95. The van der Waals surface area contributed by atoms with E-state index in [9.17, 15) is 9.90 Å². The number of hydrogen-bond acceptors (Lipinski definition) is 5. The van der Waals surface area contributed by atoms with Gasteiger partial charge in [-0.2, -0.15) is 0 Å². The van der Waals surface area contributed by atoms with Crippen LogP contribution in [0.3, 0.4) is 0 Å². The number of carbonyl (C=O) groups excluding carboxylic acids is 1. The number of rotatable bonds is 10. The van der Waals surface area contributed by atoms with Crippen LogP contribution in [0.15, 0.2) is 71.5 Å². The molecule has 0 bridgehead atoms. The van der Waals surface area contributed by atoms with Crippen molar-refractivity contribution in [2.24, 2.45) is 16.8 Å². The molecule has 0 fully saturated rings. The maximum absolute atomic E-state index is 13.3. The third kappa shape index (κ3) is 6.04. The van der Waals surface area contributed by atoms with Crippen molar-refractivity contribution in [2.45, 2.75) is 46.1 Å². The summed E-state index contributed by atoms with van der Waals surface area (Å²) < 4.78 is 7.51. The SMILES string of the molecule is CCN(CCC1NC2=CC(C(C)/C=C\CC(C)=NC)CC=C2n2cccc21)C(=O)c1cc(O)cc(OC)c1. The zero-order chi connectivity index (χ0) is 27.2. The first-order valence-corrected chi connectivity index (χ1v) is 13.5. The van der Waals surface area contributed by atoms with Crippen LogP contribution in [0.4, 0.5) is 0 Å². The molecule has 1 aromatic carbocycles. The predicted octanol–water partition coefficient (Wildman–Crippen LogP) is 5.82. The van der Waals surface area contributed by atoms with Gasteiger partial charge < -0.3 is 24.6 Å². The van der Waals surface area contributed by atoms with Crippen LogP contribution >= 0.6 is 0 Å². The van der Waals surface area contributed by atoms with E-state index in [1.54, 1.807) is 6.07 Å². The fourth-order valence-corrected chi connectivity index (χ4v) is 5.20. The fraction of sp³-hybridized carbons (Fsp3) is 0.419. The quantitative estimate of drug-likeness (QED) is 0.308. The number of amides is 1. The Kier molecular flexibility index (Phi) is 8.77. The third-order valence-corrected chi connectivity index (χ3v) is 7.61. The molecule has 2 aromatic rings. The fourth-order valence-electron chi connectivity index (χ4n) is 5.20. The van der Waals surface area contributed by atoms with Crippen molar-refractivity contribution in [1.29, 1.82) is 0 Å². The number of phenolic OH excluding ortho intramolecular Hbond substituents is 1. The Morgan fingerprint density at radius 3 is 2.92 bits per heavy atom. The van der Waals surface area contributed by atoms with Crippen LogP contribution in [0, 0.1) is 11.8 Å². The molecule has 1 aromatic heterocycles. The van der Waals surface area contributed by atoms with Crippen molar-refractivity contribution >= 4 is 17.3 Å². The maximum Gasteiger partial charge on any atom is 0.254 e. The first kappa shape index (κ1) is 27.3. The van der Waals surface area contributed by atoms with Crippen LogP contribution in [0.1, 0.15) is 62.1 Å². The summed E-state index contributed by atoms with van der Waals surface area (Å²) in [5, 5.41) is 13.8. The number of methoxy groups -OCH3 is 1. The standard InChI is InChI=1S/C31H40N4O3/c1-6-34(31(37)24-17-25(36)20-26(18-24)38-5)16-14-27-29-11-8-15-35(29)30-13-12-23(19-28(30)33-27)21(2)9-7-10-22(3)32-4/h7-9,11,13,15,17-21,23,27,33,36H,6,10,12,14,16H2,1-5H3/b9-7-,32-22?. The Balaban J connectivity index is 1.48. The summed E-state index contributed by atoms with van der Waals surface area (Å²) in [6.07, 6.45) is 14.0. The molecule has 0 spiro atoms. The number of aromatic hydroxyl groups is 1. The molecule has 4 rings (SSSR count). The second kappa shape index (κ2) is 12.2. The molecule has 2 N–H and O–H groups in total. The summed E-state index contributed by atoms with van der Waals surface area (Å²) in [6, 6.07) is 8.99. The number of benzene rings is 1. The summed E-state index contributed by atoms with van der Waals surface area (Å²) in [7, 11) is 3.36. The molecular weight excluding hydrogens is 476 g/mol. The van der Waals surface area contributed by atoms with Gasteiger partial charge in [-0.1, -0.05) is 31.2 Å². The maximum atomic E-state index is 13.3. The van der Waals surface area contributed by atoms with Crippen LogP contribution in [0.5, 0.6) is 11.5 Å². The van der Waals surface area contributed by atoms with E-state index in [1.165, 1.54) is 30.6 Å². The van der Waals surface area contributed by atoms with E-state index >= 15 is 0 Å². The number of carbonyl (C=O) groups is 1. The Bertz CT molecular complexity index is 1270. The van der Waals surface area contributed by atoms with Gasteiger partial charge in [0.2, 0.25) is 0 Å². The van der Waals surface area contributed by atoms with E-state index in [4.69, 9.17) is 4.74 Å². The van der Waals surface area contributed by atoms with E-state index in [0.717, 1.165) is 30.7 Å². The number of nitrogens with zero attached hydrogens (tertiary/aromatic N) is 3. The lowest BCUT2D eigenvalue weighted by molar-refractivity contribution is 0.0757. The Labute approximate surface area is 226 Å². The molecule has 1 amide bonds. The first-order valence-electron chi connectivity index (χ1n) is 13.5. The van der Waals surface area contributed by atoms with Gasteiger partial charge in [-0.15, -0.1) is 0 Å². The smallest absolute Gasteiger partial charge is 0.254 e. The normalized spacial score (nSPS) is 19.7. The van der Waals surface area contributed by atoms with Crippen molar-refractivity contribution in [3.63, 3.8) is 0 Å². The lowest BCUT2D eigenvalue weighted by Crippen LogP contribution is -2.37. The van der Waals surface area contributed by atoms with Crippen LogP contribution < -0.4 is 10.1 Å². The van der Waals surface area contributed by atoms with Crippen molar-refractivity contribution in [1.82, 2.24) is 14.8 Å². The average Bonchev–Trinajstić information content (AvgIpc) is 3.42. The topological polar surface area (TPSA) is 79.1 Å². The molecule has 202 valence electrons. The molecule has 1 aliphatic carbocycles. The van der Waals surface area contributed by atoms with Gasteiger partial charge >= 0.3 is 0 Å². The number of nitrogens with one attached hydrogen (secondary N) is 1. The molecule has 3 unspecified atom stereocenters. The second-order valence-corrected chi connectivity index (χ2v) is 10.1. The number of allylic oxidation sites excluding steroid dienone is 5. The molecule has 3 atom stereocenters. The van der Waals surface area contributed by atoms with Crippen LogP contribution in [0.2, 0.25) is 0 Å². The minimum Gasteiger partial charge on any atom is -0.508 e. The molecule has 0 saturated heterocycles. The number of hydrogen-bond donors (Lipinski definition) is 2. The largest absolute Gasteiger partial charge is 0.508 e. The van der Waals surface area contributed by atoms with Crippen molar-refractivity contribution in [3.05, 3.63) is 77.8 Å². The van der Waals surface area contributed by atoms with E-state index in [-0.39, 0.29) is 17.7 Å². The molecule has 7 heteroatoms. The summed E-state index contributed by atoms with van der Waals surface area (Å²) in [4.78, 5) is 19.3. The van der Waals surface area contributed by atoms with E-state index < -0.39 is 0 Å². The second-order valence-electron chi connectivity index (χ2n) is 10.1. The minimum atomic E-state index is -0.116. The Hall–Kier alpha value is -3.74. The minimum absolute atomic E-state index is 0.0198. The molecular formula is C31H40N4O3. The van der Waals surface area contributed by atoms with Gasteiger partial charge in [-0.05, 0) is 62.8 Å². The first-order chi connectivity index (χ1) is 18.3. The zero-order valence-electron chi connectivity index (χ0n) is 23.1. The van der Waals surface area contributed by atoms with Gasteiger partial charge in [-0.3, -0.25) is 9.79 Å². The van der Waals surface area contributed by atoms with E-state index in [0.29, 0.717) is 36.2 Å². The highest BCUT2D eigenvalue weighted by Crippen LogP contribution is 2.37. The zero-order valence-corrected chi connectivity index (χ0v) is 23.1. The van der Waals surface area contributed by atoms with E-state index in [2.05, 4.69) is 71.4 Å². The molecule has 1 aliphatic heterocycles. The van der Waals surface area contributed by atoms with Crippen LogP contribution in [-0.4, -0.2) is 53.4 Å². The monoisotopic (exact) mass is 516 g/mol. The molecule has 0 saturated carbocycles. The molecule has 7 nitrogen and oxygen atoms in total.